The quantitative estimate of drug-likeness (QED) is 0.608. The van der Waals surface area contributed by atoms with E-state index in [4.69, 9.17) is 9.84 Å². The van der Waals surface area contributed by atoms with Gasteiger partial charge in [0, 0.05) is 6.04 Å². The van der Waals surface area contributed by atoms with E-state index in [1.807, 2.05) is 37.3 Å². The van der Waals surface area contributed by atoms with Crippen molar-refractivity contribution in [2.75, 3.05) is 13.2 Å². The van der Waals surface area contributed by atoms with Crippen molar-refractivity contribution >= 4 is 12.0 Å². The van der Waals surface area contributed by atoms with Crippen LogP contribution in [0.15, 0.2) is 30.3 Å². The van der Waals surface area contributed by atoms with Crippen LogP contribution >= 0.6 is 0 Å². The van der Waals surface area contributed by atoms with Crippen molar-refractivity contribution in [3.8, 4) is 5.75 Å². The number of hydrogen-bond acceptors (Lipinski definition) is 3. The minimum Gasteiger partial charge on any atom is -0.492 e. The smallest absolute Gasteiger partial charge is 0.315 e. The second-order valence-corrected chi connectivity index (χ2v) is 4.65. The molecule has 1 unspecified atom stereocenters. The van der Waals surface area contributed by atoms with Gasteiger partial charge in [0.25, 0.3) is 0 Å². The molecule has 0 spiro atoms. The summed E-state index contributed by atoms with van der Waals surface area (Å²) in [4.78, 5) is 22.3. The minimum atomic E-state index is -0.916. The normalized spacial score (nSPS) is 11.5. The maximum Gasteiger partial charge on any atom is 0.315 e. The molecule has 116 valence electrons. The number of carbonyl (C=O) groups excluding carboxylic acids is 1. The van der Waals surface area contributed by atoms with Crippen LogP contribution in [0.3, 0.4) is 0 Å². The maximum atomic E-state index is 11.7. The minimum absolute atomic E-state index is 0.0677. The molecule has 21 heavy (non-hydrogen) atoms. The Morgan fingerprint density at radius 2 is 2.00 bits per heavy atom. The molecule has 0 aromatic heterocycles. The lowest BCUT2D eigenvalue weighted by Crippen LogP contribution is -2.44. The maximum absolute atomic E-state index is 11.7. The van der Waals surface area contributed by atoms with Crippen LogP contribution in [-0.2, 0) is 4.79 Å². The third-order valence-electron chi connectivity index (χ3n) is 2.79. The lowest BCUT2D eigenvalue weighted by molar-refractivity contribution is -0.137. The molecule has 0 aliphatic heterocycles. The standard InChI is InChI=1S/C15H22N2O4/c1-2-6-12(11-14(18)19)17-15(20)16-9-10-21-13-7-4-3-5-8-13/h3-5,7-8,12H,2,6,9-11H2,1H3,(H,18,19)(H2,16,17,20). The lowest BCUT2D eigenvalue weighted by Gasteiger charge is -2.16. The largest absolute Gasteiger partial charge is 0.492 e. The van der Waals surface area contributed by atoms with Crippen molar-refractivity contribution in [3.63, 3.8) is 0 Å². The Morgan fingerprint density at radius 3 is 2.62 bits per heavy atom. The van der Waals surface area contributed by atoms with E-state index in [2.05, 4.69) is 10.6 Å². The van der Waals surface area contributed by atoms with E-state index < -0.39 is 5.97 Å². The van der Waals surface area contributed by atoms with Gasteiger partial charge in [-0.1, -0.05) is 31.5 Å². The van der Waals surface area contributed by atoms with E-state index in [0.29, 0.717) is 19.6 Å². The van der Waals surface area contributed by atoms with E-state index in [9.17, 15) is 9.59 Å². The van der Waals surface area contributed by atoms with Crippen molar-refractivity contribution in [1.29, 1.82) is 0 Å². The number of nitrogens with one attached hydrogen (secondary N) is 2. The van der Waals surface area contributed by atoms with Gasteiger partial charge in [-0.05, 0) is 18.6 Å². The molecule has 0 fully saturated rings. The summed E-state index contributed by atoms with van der Waals surface area (Å²) >= 11 is 0. The first kappa shape index (κ1) is 16.8. The molecule has 1 aromatic carbocycles. The highest BCUT2D eigenvalue weighted by atomic mass is 16.5. The van der Waals surface area contributed by atoms with Gasteiger partial charge < -0.3 is 20.5 Å². The van der Waals surface area contributed by atoms with Gasteiger partial charge in [-0.3, -0.25) is 4.79 Å². The monoisotopic (exact) mass is 294 g/mol. The Balaban J connectivity index is 2.21. The summed E-state index contributed by atoms with van der Waals surface area (Å²) in [5, 5.41) is 14.1. The highest BCUT2D eigenvalue weighted by molar-refractivity contribution is 5.75. The van der Waals surface area contributed by atoms with Crippen LogP contribution in [-0.4, -0.2) is 36.3 Å². The highest BCUT2D eigenvalue weighted by Gasteiger charge is 2.14. The zero-order valence-electron chi connectivity index (χ0n) is 12.2. The van der Waals surface area contributed by atoms with Crippen LogP contribution in [0, 0.1) is 0 Å². The number of para-hydroxylation sites is 1. The lowest BCUT2D eigenvalue weighted by atomic mass is 10.1. The van der Waals surface area contributed by atoms with E-state index in [1.54, 1.807) is 0 Å². The molecule has 0 radical (unpaired) electrons. The molecule has 6 nitrogen and oxygen atoms in total. The number of hydrogen-bond donors (Lipinski definition) is 3. The Hall–Kier alpha value is -2.24. The van der Waals surface area contributed by atoms with E-state index in [0.717, 1.165) is 12.2 Å². The summed E-state index contributed by atoms with van der Waals surface area (Å²) in [5.74, 6) is -0.171. The number of benzene rings is 1. The van der Waals surface area contributed by atoms with Crippen LogP contribution in [0.25, 0.3) is 0 Å². The second kappa shape index (κ2) is 9.63. The van der Waals surface area contributed by atoms with Crippen LogP contribution in [0.2, 0.25) is 0 Å². The summed E-state index contributed by atoms with van der Waals surface area (Å²) in [6.45, 7) is 2.66. The Bertz CT molecular complexity index is 437. The van der Waals surface area contributed by atoms with E-state index >= 15 is 0 Å². The summed E-state index contributed by atoms with van der Waals surface area (Å²) in [5.41, 5.74) is 0. The second-order valence-electron chi connectivity index (χ2n) is 4.65. The molecule has 0 saturated heterocycles. The Morgan fingerprint density at radius 1 is 1.29 bits per heavy atom. The first-order chi connectivity index (χ1) is 10.1. The molecule has 0 aliphatic rings. The molecular weight excluding hydrogens is 272 g/mol. The summed E-state index contributed by atoms with van der Waals surface area (Å²) in [6, 6.07) is 8.60. The number of carboxylic acids is 1. The highest BCUT2D eigenvalue weighted by Crippen LogP contribution is 2.07. The summed E-state index contributed by atoms with van der Waals surface area (Å²) in [6.07, 6.45) is 1.39. The molecule has 0 aliphatic carbocycles. The van der Waals surface area contributed by atoms with Gasteiger partial charge in [0.2, 0.25) is 0 Å². The molecule has 1 atom stereocenters. The first-order valence-corrected chi connectivity index (χ1v) is 7.05. The zero-order valence-corrected chi connectivity index (χ0v) is 12.2. The van der Waals surface area contributed by atoms with Crippen LogP contribution in [0.1, 0.15) is 26.2 Å². The van der Waals surface area contributed by atoms with Gasteiger partial charge in [0.05, 0.1) is 13.0 Å². The number of aliphatic carboxylic acids is 1. The average Bonchev–Trinajstić information content (AvgIpc) is 2.44. The summed E-state index contributed by atoms with van der Waals surface area (Å²) < 4.78 is 5.44. The van der Waals surface area contributed by atoms with Gasteiger partial charge in [-0.2, -0.15) is 0 Å². The van der Waals surface area contributed by atoms with Crippen molar-refractivity contribution < 1.29 is 19.4 Å². The predicted molar refractivity (Wildman–Crippen MR) is 79.4 cm³/mol. The summed E-state index contributed by atoms with van der Waals surface area (Å²) in [7, 11) is 0. The molecule has 0 saturated carbocycles. The topological polar surface area (TPSA) is 87.7 Å². The van der Waals surface area contributed by atoms with Gasteiger partial charge >= 0.3 is 12.0 Å². The fraction of sp³-hybridized carbons (Fsp3) is 0.467. The number of amides is 2. The number of urea groups is 1. The van der Waals surface area contributed by atoms with Crippen molar-refractivity contribution in [3.05, 3.63) is 30.3 Å². The van der Waals surface area contributed by atoms with Gasteiger partial charge in [-0.25, -0.2) is 4.79 Å². The van der Waals surface area contributed by atoms with Crippen LogP contribution < -0.4 is 15.4 Å². The molecule has 0 heterocycles. The fourth-order valence-electron chi connectivity index (χ4n) is 1.87. The number of carbonyl (C=O) groups is 2. The first-order valence-electron chi connectivity index (χ1n) is 7.05. The molecule has 1 rings (SSSR count). The van der Waals surface area contributed by atoms with Gasteiger partial charge in [0.1, 0.15) is 12.4 Å². The Labute approximate surface area is 124 Å². The molecule has 3 N–H and O–H groups in total. The van der Waals surface area contributed by atoms with Gasteiger partial charge in [0.15, 0.2) is 0 Å². The van der Waals surface area contributed by atoms with Crippen molar-refractivity contribution in [1.82, 2.24) is 10.6 Å². The molecule has 0 bridgehead atoms. The SMILES string of the molecule is CCCC(CC(=O)O)NC(=O)NCCOc1ccccc1. The average molecular weight is 294 g/mol. The van der Waals surface area contributed by atoms with Crippen LogP contribution in [0.5, 0.6) is 5.75 Å². The number of ether oxygens (including phenoxy) is 1. The third kappa shape index (κ3) is 7.81. The third-order valence-corrected chi connectivity index (χ3v) is 2.79. The van der Waals surface area contributed by atoms with Crippen molar-refractivity contribution in [2.45, 2.75) is 32.2 Å². The molecular formula is C15H22N2O4. The molecule has 6 heteroatoms. The molecule has 2 amide bonds. The van der Waals surface area contributed by atoms with E-state index in [-0.39, 0.29) is 18.5 Å². The molecule has 1 aromatic rings. The van der Waals surface area contributed by atoms with Gasteiger partial charge in [-0.15, -0.1) is 0 Å². The number of rotatable bonds is 9. The fourth-order valence-corrected chi connectivity index (χ4v) is 1.87. The number of carboxylic acid groups (broad SMARTS) is 1. The predicted octanol–water partition coefficient (Wildman–Crippen LogP) is 2.01. The zero-order chi connectivity index (χ0) is 15.5. The van der Waals surface area contributed by atoms with E-state index in [1.165, 1.54) is 0 Å². The Kier molecular flexibility index (Phi) is 7.71. The van der Waals surface area contributed by atoms with Crippen molar-refractivity contribution in [2.24, 2.45) is 0 Å². The van der Waals surface area contributed by atoms with Crippen LogP contribution in [0.4, 0.5) is 4.79 Å².